The van der Waals surface area contributed by atoms with Gasteiger partial charge in [0.05, 0.1) is 0 Å². The summed E-state index contributed by atoms with van der Waals surface area (Å²) in [7, 11) is 0. The molecule has 3 rings (SSSR count). The number of benzene rings is 2. The lowest BCUT2D eigenvalue weighted by molar-refractivity contribution is -0.136. The van der Waals surface area contributed by atoms with E-state index >= 15 is 0 Å². The molecule has 0 aliphatic carbocycles. The summed E-state index contributed by atoms with van der Waals surface area (Å²) in [5.74, 6) is -3.30. The number of anilines is 1. The SMILES string of the molecule is NC(=O)c1cc(Oc2ccc(NC(=O)C(=O)NCc3ccccc3)cc2F)ccn1. The molecule has 0 saturated carbocycles. The van der Waals surface area contributed by atoms with E-state index in [9.17, 15) is 18.8 Å². The first-order valence-electron chi connectivity index (χ1n) is 8.79. The summed E-state index contributed by atoms with van der Waals surface area (Å²) in [6.45, 7) is 0.188. The lowest BCUT2D eigenvalue weighted by atomic mass is 10.2. The second kappa shape index (κ2) is 9.28. The predicted molar refractivity (Wildman–Crippen MR) is 106 cm³/mol. The number of rotatable bonds is 6. The third-order valence-electron chi connectivity index (χ3n) is 3.90. The highest BCUT2D eigenvalue weighted by atomic mass is 19.1. The summed E-state index contributed by atoms with van der Waals surface area (Å²) < 4.78 is 19.7. The van der Waals surface area contributed by atoms with Gasteiger partial charge < -0.3 is 21.1 Å². The number of pyridine rings is 1. The van der Waals surface area contributed by atoms with Gasteiger partial charge in [0.2, 0.25) is 0 Å². The molecule has 0 bridgehead atoms. The van der Waals surface area contributed by atoms with E-state index in [1.807, 2.05) is 30.3 Å². The molecule has 1 heterocycles. The molecule has 0 fully saturated rings. The molecule has 8 nitrogen and oxygen atoms in total. The molecule has 0 saturated heterocycles. The Kier molecular flexibility index (Phi) is 6.33. The topological polar surface area (TPSA) is 123 Å². The molecule has 9 heteroatoms. The highest BCUT2D eigenvalue weighted by Crippen LogP contribution is 2.26. The van der Waals surface area contributed by atoms with Gasteiger partial charge in [-0.15, -0.1) is 0 Å². The summed E-state index contributed by atoms with van der Waals surface area (Å²) in [5, 5.41) is 4.80. The van der Waals surface area contributed by atoms with Crippen LogP contribution in [0, 0.1) is 5.82 Å². The van der Waals surface area contributed by atoms with Crippen molar-refractivity contribution in [3.8, 4) is 11.5 Å². The highest BCUT2D eigenvalue weighted by molar-refractivity contribution is 6.39. The molecule has 0 aliphatic rings. The maximum atomic E-state index is 14.3. The normalized spacial score (nSPS) is 10.2. The number of carbonyl (C=O) groups excluding carboxylic acids is 3. The Morgan fingerprint density at radius 3 is 2.47 bits per heavy atom. The first kappa shape index (κ1) is 20.5. The van der Waals surface area contributed by atoms with Crippen LogP contribution in [0.1, 0.15) is 16.1 Å². The monoisotopic (exact) mass is 408 g/mol. The zero-order valence-corrected chi connectivity index (χ0v) is 15.6. The largest absolute Gasteiger partial charge is 0.454 e. The molecular formula is C21H17FN4O4. The third-order valence-corrected chi connectivity index (χ3v) is 3.90. The average Bonchev–Trinajstić information content (AvgIpc) is 2.75. The lowest BCUT2D eigenvalue weighted by Crippen LogP contribution is -2.34. The van der Waals surface area contributed by atoms with E-state index in [0.29, 0.717) is 0 Å². The summed E-state index contributed by atoms with van der Waals surface area (Å²) in [6, 6.07) is 15.4. The Hall–Kier alpha value is -4.27. The van der Waals surface area contributed by atoms with Crippen molar-refractivity contribution in [1.29, 1.82) is 0 Å². The fourth-order valence-corrected chi connectivity index (χ4v) is 2.44. The Bertz CT molecular complexity index is 1090. The van der Waals surface area contributed by atoms with Crippen molar-refractivity contribution in [3.05, 3.63) is 83.9 Å². The van der Waals surface area contributed by atoms with Gasteiger partial charge in [0.25, 0.3) is 5.91 Å². The minimum atomic E-state index is -0.931. The summed E-state index contributed by atoms with van der Waals surface area (Å²) in [5.41, 5.74) is 6.03. The standard InChI is InChI=1S/C21H17FN4O4/c22-16-10-14(26-21(29)20(28)25-12-13-4-2-1-3-5-13)6-7-18(16)30-15-8-9-24-17(11-15)19(23)27/h1-11H,12H2,(H2,23,27)(H,25,28)(H,26,29). The first-order chi connectivity index (χ1) is 14.4. The van der Waals surface area contributed by atoms with Crippen molar-refractivity contribution in [1.82, 2.24) is 10.3 Å². The smallest absolute Gasteiger partial charge is 0.313 e. The molecule has 152 valence electrons. The molecule has 0 unspecified atom stereocenters. The van der Waals surface area contributed by atoms with Gasteiger partial charge in [0.15, 0.2) is 11.6 Å². The number of hydrogen-bond donors (Lipinski definition) is 3. The van der Waals surface area contributed by atoms with Gasteiger partial charge in [0.1, 0.15) is 11.4 Å². The molecule has 3 aromatic rings. The van der Waals surface area contributed by atoms with Crippen LogP contribution in [0.15, 0.2) is 66.9 Å². The van der Waals surface area contributed by atoms with Crippen LogP contribution in [0.25, 0.3) is 0 Å². The second-order valence-corrected chi connectivity index (χ2v) is 6.11. The number of halogens is 1. The number of aromatic nitrogens is 1. The van der Waals surface area contributed by atoms with E-state index in [0.717, 1.165) is 11.6 Å². The van der Waals surface area contributed by atoms with Crippen LogP contribution in [-0.4, -0.2) is 22.7 Å². The number of carbonyl (C=O) groups is 3. The van der Waals surface area contributed by atoms with Gasteiger partial charge in [-0.1, -0.05) is 30.3 Å². The first-order valence-corrected chi connectivity index (χ1v) is 8.79. The number of primary amides is 1. The molecule has 2 aromatic carbocycles. The Morgan fingerprint density at radius 1 is 1.00 bits per heavy atom. The van der Waals surface area contributed by atoms with E-state index in [1.165, 1.54) is 30.5 Å². The summed E-state index contributed by atoms with van der Waals surface area (Å²) in [4.78, 5) is 38.8. The number of ether oxygens (including phenoxy) is 1. The van der Waals surface area contributed by atoms with Crippen LogP contribution in [0.3, 0.4) is 0 Å². The molecule has 30 heavy (non-hydrogen) atoms. The van der Waals surface area contributed by atoms with E-state index in [-0.39, 0.29) is 29.4 Å². The molecule has 4 N–H and O–H groups in total. The molecule has 1 aromatic heterocycles. The quantitative estimate of drug-likeness (QED) is 0.540. The van der Waals surface area contributed by atoms with Crippen molar-refractivity contribution in [3.63, 3.8) is 0 Å². The zero-order valence-electron chi connectivity index (χ0n) is 15.6. The van der Waals surface area contributed by atoms with Crippen molar-refractivity contribution < 1.29 is 23.5 Å². The lowest BCUT2D eigenvalue weighted by Gasteiger charge is -2.10. The Morgan fingerprint density at radius 2 is 1.77 bits per heavy atom. The highest BCUT2D eigenvalue weighted by Gasteiger charge is 2.15. The Balaban J connectivity index is 1.60. The van der Waals surface area contributed by atoms with Crippen molar-refractivity contribution in [2.24, 2.45) is 5.73 Å². The van der Waals surface area contributed by atoms with E-state index in [2.05, 4.69) is 15.6 Å². The molecule has 0 radical (unpaired) electrons. The number of nitrogens with two attached hydrogens (primary N) is 1. The van der Waals surface area contributed by atoms with Crippen LogP contribution < -0.4 is 21.1 Å². The van der Waals surface area contributed by atoms with E-state index in [4.69, 9.17) is 10.5 Å². The van der Waals surface area contributed by atoms with Crippen LogP contribution in [0.5, 0.6) is 11.5 Å². The van der Waals surface area contributed by atoms with Gasteiger partial charge in [-0.2, -0.15) is 0 Å². The van der Waals surface area contributed by atoms with Gasteiger partial charge in [-0.3, -0.25) is 19.4 Å². The molecule has 0 spiro atoms. The molecule has 0 atom stereocenters. The maximum absolute atomic E-state index is 14.3. The van der Waals surface area contributed by atoms with Crippen LogP contribution in [0.2, 0.25) is 0 Å². The molecule has 3 amide bonds. The molecule has 0 aliphatic heterocycles. The number of hydrogen-bond acceptors (Lipinski definition) is 5. The van der Waals surface area contributed by atoms with Gasteiger partial charge in [-0.05, 0) is 23.8 Å². The van der Waals surface area contributed by atoms with Crippen molar-refractivity contribution >= 4 is 23.4 Å². The number of amides is 3. The van der Waals surface area contributed by atoms with Gasteiger partial charge in [0, 0.05) is 30.6 Å². The summed E-state index contributed by atoms with van der Waals surface area (Å²) in [6.07, 6.45) is 1.30. The van der Waals surface area contributed by atoms with Crippen molar-refractivity contribution in [2.45, 2.75) is 6.54 Å². The Labute approximate surface area is 170 Å². The minimum absolute atomic E-state index is 0.0293. The fraction of sp³-hybridized carbons (Fsp3) is 0.0476. The van der Waals surface area contributed by atoms with E-state index < -0.39 is 23.5 Å². The summed E-state index contributed by atoms with van der Waals surface area (Å²) >= 11 is 0. The van der Waals surface area contributed by atoms with Crippen LogP contribution >= 0.6 is 0 Å². The third kappa shape index (κ3) is 5.38. The molecular weight excluding hydrogens is 391 g/mol. The average molecular weight is 408 g/mol. The van der Waals surface area contributed by atoms with Crippen LogP contribution in [-0.2, 0) is 16.1 Å². The van der Waals surface area contributed by atoms with Gasteiger partial charge in [-0.25, -0.2) is 4.39 Å². The van der Waals surface area contributed by atoms with Crippen LogP contribution in [0.4, 0.5) is 10.1 Å². The van der Waals surface area contributed by atoms with Gasteiger partial charge >= 0.3 is 11.8 Å². The maximum Gasteiger partial charge on any atom is 0.313 e. The zero-order chi connectivity index (χ0) is 21.5. The predicted octanol–water partition coefficient (Wildman–Crippen LogP) is 2.37. The minimum Gasteiger partial charge on any atom is -0.454 e. The van der Waals surface area contributed by atoms with Crippen molar-refractivity contribution in [2.75, 3.05) is 5.32 Å². The number of nitrogens with one attached hydrogen (secondary N) is 2. The number of nitrogens with zero attached hydrogens (tertiary/aromatic N) is 1. The second-order valence-electron chi connectivity index (χ2n) is 6.11. The van der Waals surface area contributed by atoms with E-state index in [1.54, 1.807) is 0 Å². The fourth-order valence-electron chi connectivity index (χ4n) is 2.44.